The number of anilines is 1. The maximum Gasteiger partial charge on any atom is 0.471 e. The highest BCUT2D eigenvalue weighted by atomic mass is 35.5. The Kier molecular flexibility index (Phi) is 4.50. The molecule has 134 valence electrons. The van der Waals surface area contributed by atoms with Crippen molar-refractivity contribution in [2.24, 2.45) is 0 Å². The lowest BCUT2D eigenvalue weighted by molar-refractivity contribution is -0.170. The molecule has 0 saturated carbocycles. The highest BCUT2D eigenvalue weighted by molar-refractivity contribution is 6.31. The molecular formula is C18H11ClF3NO3. The van der Waals surface area contributed by atoms with Crippen LogP contribution in [0.3, 0.4) is 0 Å². The Balaban J connectivity index is 2.22. The van der Waals surface area contributed by atoms with Gasteiger partial charge in [-0.2, -0.15) is 13.2 Å². The molecule has 0 fully saturated rings. The maximum absolute atomic E-state index is 12.8. The minimum Gasteiger partial charge on any atom is -0.422 e. The van der Waals surface area contributed by atoms with Crippen molar-refractivity contribution in [2.75, 3.05) is 11.9 Å². The van der Waals surface area contributed by atoms with Gasteiger partial charge in [0, 0.05) is 23.0 Å². The van der Waals surface area contributed by atoms with Crippen molar-refractivity contribution in [2.45, 2.75) is 6.18 Å². The zero-order valence-corrected chi connectivity index (χ0v) is 14.1. The quantitative estimate of drug-likeness (QED) is 0.608. The van der Waals surface area contributed by atoms with E-state index in [9.17, 15) is 22.8 Å². The van der Waals surface area contributed by atoms with Crippen molar-refractivity contribution in [3.05, 3.63) is 64.0 Å². The number of alkyl halides is 3. The van der Waals surface area contributed by atoms with Crippen LogP contribution in [0, 0.1) is 0 Å². The molecular weight excluding hydrogens is 371 g/mol. The lowest BCUT2D eigenvalue weighted by atomic mass is 10.0. The van der Waals surface area contributed by atoms with E-state index in [1.807, 2.05) is 0 Å². The number of carbonyl (C=O) groups excluding carboxylic acids is 1. The topological polar surface area (TPSA) is 50.5 Å². The molecule has 0 unspecified atom stereocenters. The third-order valence-electron chi connectivity index (χ3n) is 3.80. The SMILES string of the molecule is CN(C(=O)C(F)(F)F)c1cc(Cl)ccc1-c1cc2ccccc2oc1=O. The van der Waals surface area contributed by atoms with Gasteiger partial charge in [0.25, 0.3) is 0 Å². The van der Waals surface area contributed by atoms with E-state index in [1.54, 1.807) is 24.3 Å². The average Bonchev–Trinajstić information content (AvgIpc) is 2.59. The second-order valence-corrected chi connectivity index (χ2v) is 5.95. The molecule has 0 bridgehead atoms. The first kappa shape index (κ1) is 18.0. The molecule has 0 aliphatic heterocycles. The van der Waals surface area contributed by atoms with Crippen LogP contribution >= 0.6 is 11.6 Å². The second kappa shape index (κ2) is 6.49. The fourth-order valence-corrected chi connectivity index (χ4v) is 2.73. The summed E-state index contributed by atoms with van der Waals surface area (Å²) in [6, 6.07) is 12.2. The summed E-state index contributed by atoms with van der Waals surface area (Å²) in [5.74, 6) is -2.08. The number of hydrogen-bond acceptors (Lipinski definition) is 3. The van der Waals surface area contributed by atoms with Gasteiger partial charge in [0.1, 0.15) is 5.58 Å². The van der Waals surface area contributed by atoms with Crippen molar-refractivity contribution < 1.29 is 22.4 Å². The molecule has 3 aromatic rings. The Labute approximate surface area is 150 Å². The first-order valence-electron chi connectivity index (χ1n) is 7.36. The lowest BCUT2D eigenvalue weighted by Crippen LogP contribution is -2.38. The van der Waals surface area contributed by atoms with E-state index in [1.165, 1.54) is 24.3 Å². The predicted molar refractivity (Wildman–Crippen MR) is 92.4 cm³/mol. The van der Waals surface area contributed by atoms with E-state index in [0.29, 0.717) is 15.9 Å². The van der Waals surface area contributed by atoms with Crippen LogP contribution in [0.5, 0.6) is 0 Å². The van der Waals surface area contributed by atoms with Gasteiger partial charge < -0.3 is 9.32 Å². The predicted octanol–water partition coefficient (Wildman–Crippen LogP) is 4.64. The van der Waals surface area contributed by atoms with E-state index in [4.69, 9.17) is 16.0 Å². The number of para-hydroxylation sites is 1. The molecule has 4 nitrogen and oxygen atoms in total. The first-order valence-corrected chi connectivity index (χ1v) is 7.74. The van der Waals surface area contributed by atoms with Gasteiger partial charge in [-0.1, -0.05) is 35.9 Å². The van der Waals surface area contributed by atoms with Crippen molar-refractivity contribution in [1.29, 1.82) is 0 Å². The van der Waals surface area contributed by atoms with Crippen LogP contribution in [0.25, 0.3) is 22.1 Å². The maximum atomic E-state index is 12.8. The number of benzene rings is 2. The van der Waals surface area contributed by atoms with Gasteiger partial charge in [-0.3, -0.25) is 4.79 Å². The zero-order valence-electron chi connectivity index (χ0n) is 13.3. The largest absolute Gasteiger partial charge is 0.471 e. The van der Waals surface area contributed by atoms with Gasteiger partial charge in [0.15, 0.2) is 0 Å². The molecule has 0 spiro atoms. The molecule has 0 N–H and O–H groups in total. The Morgan fingerprint density at radius 1 is 1.08 bits per heavy atom. The standard InChI is InChI=1S/C18H11ClF3NO3/c1-23(17(25)18(20,21)22)14-9-11(19)6-7-12(14)13-8-10-4-2-3-5-15(10)26-16(13)24/h2-9H,1H3. The van der Waals surface area contributed by atoms with E-state index in [2.05, 4.69) is 0 Å². The normalized spacial score (nSPS) is 11.6. The van der Waals surface area contributed by atoms with Crippen LogP contribution in [0.2, 0.25) is 5.02 Å². The molecule has 26 heavy (non-hydrogen) atoms. The summed E-state index contributed by atoms with van der Waals surface area (Å²) in [6.45, 7) is 0. The number of nitrogens with zero attached hydrogens (tertiary/aromatic N) is 1. The van der Waals surface area contributed by atoms with Gasteiger partial charge in [0.2, 0.25) is 0 Å². The van der Waals surface area contributed by atoms with E-state index >= 15 is 0 Å². The molecule has 0 atom stereocenters. The van der Waals surface area contributed by atoms with E-state index < -0.39 is 17.7 Å². The average molecular weight is 382 g/mol. The summed E-state index contributed by atoms with van der Waals surface area (Å²) in [4.78, 5) is 24.4. The summed E-state index contributed by atoms with van der Waals surface area (Å²) in [7, 11) is 0.966. The van der Waals surface area contributed by atoms with Crippen molar-refractivity contribution in [3.8, 4) is 11.1 Å². The Morgan fingerprint density at radius 3 is 2.46 bits per heavy atom. The molecule has 0 radical (unpaired) electrons. The van der Waals surface area contributed by atoms with Crippen LogP contribution in [0.4, 0.5) is 18.9 Å². The highest BCUT2D eigenvalue weighted by Gasteiger charge is 2.42. The van der Waals surface area contributed by atoms with Gasteiger partial charge in [0.05, 0.1) is 11.3 Å². The highest BCUT2D eigenvalue weighted by Crippen LogP contribution is 2.34. The third kappa shape index (κ3) is 3.30. The molecule has 3 rings (SSSR count). The number of hydrogen-bond donors (Lipinski definition) is 0. The van der Waals surface area contributed by atoms with Gasteiger partial charge in [-0.05, 0) is 24.3 Å². The van der Waals surface area contributed by atoms with Crippen molar-refractivity contribution >= 4 is 34.2 Å². The van der Waals surface area contributed by atoms with E-state index in [0.717, 1.165) is 7.05 Å². The Morgan fingerprint density at radius 2 is 1.77 bits per heavy atom. The fraction of sp³-hybridized carbons (Fsp3) is 0.111. The molecule has 1 aromatic heterocycles. The number of rotatable bonds is 2. The summed E-state index contributed by atoms with van der Waals surface area (Å²) < 4.78 is 43.6. The lowest BCUT2D eigenvalue weighted by Gasteiger charge is -2.22. The minimum atomic E-state index is -5.07. The third-order valence-corrected chi connectivity index (χ3v) is 4.03. The number of fused-ring (bicyclic) bond motifs is 1. The van der Waals surface area contributed by atoms with Crippen molar-refractivity contribution in [3.63, 3.8) is 0 Å². The molecule has 8 heteroatoms. The molecule has 0 aliphatic rings. The summed E-state index contributed by atoms with van der Waals surface area (Å²) >= 11 is 5.88. The van der Waals surface area contributed by atoms with E-state index in [-0.39, 0.29) is 21.8 Å². The number of amides is 1. The van der Waals surface area contributed by atoms with Gasteiger partial charge >= 0.3 is 17.7 Å². The molecule has 0 saturated heterocycles. The molecule has 0 aliphatic carbocycles. The smallest absolute Gasteiger partial charge is 0.422 e. The fourth-order valence-electron chi connectivity index (χ4n) is 2.56. The second-order valence-electron chi connectivity index (χ2n) is 5.51. The molecule has 1 heterocycles. The first-order chi connectivity index (χ1) is 12.2. The van der Waals surface area contributed by atoms with Crippen LogP contribution in [0.1, 0.15) is 0 Å². The Bertz CT molecular complexity index is 1060. The zero-order chi connectivity index (χ0) is 19.1. The number of halogens is 4. The van der Waals surface area contributed by atoms with Crippen LogP contribution in [-0.4, -0.2) is 19.1 Å². The minimum absolute atomic E-state index is 0.0252. The van der Waals surface area contributed by atoms with Crippen LogP contribution in [0.15, 0.2) is 57.7 Å². The monoisotopic (exact) mass is 381 g/mol. The summed E-state index contributed by atoms with van der Waals surface area (Å²) in [6.07, 6.45) is -5.07. The van der Waals surface area contributed by atoms with Crippen molar-refractivity contribution in [1.82, 2.24) is 0 Å². The summed E-state index contributed by atoms with van der Waals surface area (Å²) in [5, 5.41) is 0.712. The number of carbonyl (C=O) groups is 1. The summed E-state index contributed by atoms with van der Waals surface area (Å²) in [5.41, 5.74) is -0.412. The van der Waals surface area contributed by atoms with Crippen LogP contribution in [-0.2, 0) is 4.79 Å². The Hall–Kier alpha value is -2.80. The molecule has 2 aromatic carbocycles. The van der Waals surface area contributed by atoms with Gasteiger partial charge in [-0.25, -0.2) is 4.79 Å². The van der Waals surface area contributed by atoms with Gasteiger partial charge in [-0.15, -0.1) is 0 Å². The molecule has 1 amide bonds. The van der Waals surface area contributed by atoms with Crippen LogP contribution < -0.4 is 10.5 Å².